The van der Waals surface area contributed by atoms with Crippen molar-refractivity contribution >= 4 is 23.8 Å². The minimum atomic E-state index is 0.833. The molecule has 0 amide bonds. The topological polar surface area (TPSA) is 27.7 Å². The van der Waals surface area contributed by atoms with E-state index in [0.717, 1.165) is 17.1 Å². The van der Waals surface area contributed by atoms with Gasteiger partial charge in [-0.1, -0.05) is 18.2 Å². The molecule has 0 aliphatic heterocycles. The van der Waals surface area contributed by atoms with Gasteiger partial charge in [-0.15, -0.1) is 0 Å². The third kappa shape index (κ3) is 3.08. The molecule has 0 fully saturated rings. The fraction of sp³-hybridized carbons (Fsp3) is 0.0714. The molecule has 0 N–H and O–H groups in total. The van der Waals surface area contributed by atoms with Gasteiger partial charge in [0.15, 0.2) is 0 Å². The lowest BCUT2D eigenvalue weighted by Crippen LogP contribution is -1.90. The van der Waals surface area contributed by atoms with Gasteiger partial charge in [0.25, 0.3) is 0 Å². The van der Waals surface area contributed by atoms with E-state index in [1.165, 1.54) is 0 Å². The molecule has 17 heavy (non-hydrogen) atoms. The van der Waals surface area contributed by atoms with E-state index in [4.69, 9.17) is 0 Å². The summed E-state index contributed by atoms with van der Waals surface area (Å²) >= 11 is 0. The quantitative estimate of drug-likeness (QED) is 0.427. The van der Waals surface area contributed by atoms with Crippen LogP contribution in [0.3, 0.4) is 0 Å². The molecule has 3 nitrogen and oxygen atoms in total. The highest BCUT2D eigenvalue weighted by molar-refractivity contribution is 5.45. The van der Waals surface area contributed by atoms with Crippen molar-refractivity contribution in [1.82, 2.24) is 0 Å². The summed E-state index contributed by atoms with van der Waals surface area (Å²) in [5, 5.41) is 8.31. The van der Waals surface area contributed by atoms with Crippen LogP contribution in [-0.4, -0.2) is 18.3 Å². The van der Waals surface area contributed by atoms with E-state index in [1.54, 1.807) is 4.58 Å². The van der Waals surface area contributed by atoms with Gasteiger partial charge < -0.3 is 0 Å². The second kappa shape index (κ2) is 5.16. The van der Waals surface area contributed by atoms with E-state index < -0.39 is 0 Å². The minimum Gasteiger partial charge on any atom is -0.208 e. The maximum Gasteiger partial charge on any atom is 0.204 e. The number of hydrogen-bond acceptors (Lipinski definition) is 2. The lowest BCUT2D eigenvalue weighted by molar-refractivity contribution is -0.394. The van der Waals surface area contributed by atoms with Gasteiger partial charge in [-0.25, -0.2) is 4.58 Å². The highest BCUT2D eigenvalue weighted by Gasteiger charge is 1.98. The van der Waals surface area contributed by atoms with E-state index in [2.05, 4.69) is 16.9 Å². The Kier molecular flexibility index (Phi) is 3.40. The lowest BCUT2D eigenvalue weighted by atomic mass is 10.3. The van der Waals surface area contributed by atoms with E-state index in [9.17, 15) is 0 Å². The maximum absolute atomic E-state index is 4.16. The maximum atomic E-state index is 4.16. The summed E-state index contributed by atoms with van der Waals surface area (Å²) in [5.74, 6) is 0. The molecule has 0 aliphatic rings. The van der Waals surface area contributed by atoms with Gasteiger partial charge in [-0.2, -0.15) is 10.2 Å². The van der Waals surface area contributed by atoms with Crippen molar-refractivity contribution < 1.29 is 4.58 Å². The average molecular weight is 224 g/mol. The smallest absolute Gasteiger partial charge is 0.204 e. The first-order chi connectivity index (χ1) is 8.25. The summed E-state index contributed by atoms with van der Waals surface area (Å²) in [6.07, 6.45) is 0. The normalized spacial score (nSPS) is 10.6. The van der Waals surface area contributed by atoms with Crippen LogP contribution in [-0.2, 0) is 0 Å². The Morgan fingerprint density at radius 3 is 1.88 bits per heavy atom. The van der Waals surface area contributed by atoms with Crippen molar-refractivity contribution in [2.45, 2.75) is 0 Å². The molecule has 0 spiro atoms. The second-order valence-electron chi connectivity index (χ2n) is 3.75. The Morgan fingerprint density at radius 2 is 1.35 bits per heavy atom. The molecule has 0 heterocycles. The fourth-order valence-electron chi connectivity index (χ4n) is 1.38. The zero-order valence-electron chi connectivity index (χ0n) is 9.74. The monoisotopic (exact) mass is 224 g/mol. The highest BCUT2D eigenvalue weighted by Crippen LogP contribution is 2.20. The van der Waals surface area contributed by atoms with E-state index in [1.807, 2.05) is 61.6 Å². The van der Waals surface area contributed by atoms with Crippen LogP contribution in [0.25, 0.3) is 0 Å². The summed E-state index contributed by atoms with van der Waals surface area (Å²) in [6.45, 7) is 3.81. The molecule has 0 aromatic heterocycles. The molecule has 0 saturated carbocycles. The van der Waals surface area contributed by atoms with Gasteiger partial charge in [0, 0.05) is 12.1 Å². The minimum absolute atomic E-state index is 0.833. The van der Waals surface area contributed by atoms with Crippen LogP contribution in [0.4, 0.5) is 17.1 Å². The first-order valence-electron chi connectivity index (χ1n) is 5.37. The van der Waals surface area contributed by atoms with E-state index in [-0.39, 0.29) is 0 Å². The molecule has 0 aliphatic carbocycles. The number of benzene rings is 2. The summed E-state index contributed by atoms with van der Waals surface area (Å²) in [7, 11) is 1.90. The van der Waals surface area contributed by atoms with Gasteiger partial charge in [0.2, 0.25) is 5.69 Å². The third-order valence-electron chi connectivity index (χ3n) is 2.33. The Bertz CT molecular complexity index is 527. The number of nitrogens with zero attached hydrogens (tertiary/aromatic N) is 3. The van der Waals surface area contributed by atoms with Crippen molar-refractivity contribution in [2.24, 2.45) is 10.2 Å². The van der Waals surface area contributed by atoms with Crippen molar-refractivity contribution in [1.29, 1.82) is 0 Å². The Morgan fingerprint density at radius 1 is 0.824 bits per heavy atom. The van der Waals surface area contributed by atoms with Crippen LogP contribution in [0.1, 0.15) is 0 Å². The number of rotatable bonds is 3. The predicted molar refractivity (Wildman–Crippen MR) is 70.0 cm³/mol. The van der Waals surface area contributed by atoms with Crippen LogP contribution in [0.2, 0.25) is 0 Å². The molecule has 0 saturated heterocycles. The first-order valence-corrected chi connectivity index (χ1v) is 5.37. The van der Waals surface area contributed by atoms with Crippen LogP contribution in [0.15, 0.2) is 64.8 Å². The highest BCUT2D eigenvalue weighted by atomic mass is 15.1. The fourth-order valence-corrected chi connectivity index (χ4v) is 1.38. The molecule has 0 bridgehead atoms. The van der Waals surface area contributed by atoms with Crippen molar-refractivity contribution in [3.63, 3.8) is 0 Å². The Balaban J connectivity index is 2.14. The predicted octanol–water partition coefficient (Wildman–Crippen LogP) is 4.08. The number of azo groups is 1. The molecular weight excluding hydrogens is 210 g/mol. The van der Waals surface area contributed by atoms with Gasteiger partial charge in [-0.05, 0) is 24.3 Å². The molecule has 3 heteroatoms. The standard InChI is InChI=1S/C14H14N3/c1-17(2)14-10-8-13(9-11-14)16-15-12-6-4-3-5-7-12/h3-11H,1H2,2H3/q+1. The third-order valence-corrected chi connectivity index (χ3v) is 2.33. The summed E-state index contributed by atoms with van der Waals surface area (Å²) < 4.78 is 1.80. The van der Waals surface area contributed by atoms with Crippen molar-refractivity contribution in [3.8, 4) is 0 Å². The summed E-state index contributed by atoms with van der Waals surface area (Å²) in [4.78, 5) is 0. The molecular formula is C14H14N3+. The Hall–Kier alpha value is -2.29. The van der Waals surface area contributed by atoms with E-state index >= 15 is 0 Å². The Labute approximate surface area is 101 Å². The largest absolute Gasteiger partial charge is 0.208 e. The number of hydrogen-bond donors (Lipinski definition) is 0. The molecule has 84 valence electrons. The lowest BCUT2D eigenvalue weighted by Gasteiger charge is -1.95. The SMILES string of the molecule is C=[N+](C)c1ccc(N=Nc2ccccc2)cc1. The molecule has 2 rings (SSSR count). The van der Waals surface area contributed by atoms with Crippen LogP contribution >= 0.6 is 0 Å². The molecule has 2 aromatic rings. The average Bonchev–Trinajstić information content (AvgIpc) is 2.38. The van der Waals surface area contributed by atoms with Crippen LogP contribution in [0, 0.1) is 0 Å². The van der Waals surface area contributed by atoms with Gasteiger partial charge in [-0.3, -0.25) is 0 Å². The van der Waals surface area contributed by atoms with Crippen LogP contribution < -0.4 is 0 Å². The second-order valence-corrected chi connectivity index (χ2v) is 3.75. The van der Waals surface area contributed by atoms with Gasteiger partial charge >= 0.3 is 0 Å². The molecule has 0 unspecified atom stereocenters. The molecule has 0 atom stereocenters. The summed E-state index contributed by atoms with van der Waals surface area (Å²) in [6, 6.07) is 17.4. The first kappa shape index (κ1) is 11.2. The van der Waals surface area contributed by atoms with Crippen molar-refractivity contribution in [2.75, 3.05) is 7.05 Å². The zero-order valence-corrected chi connectivity index (χ0v) is 9.74. The van der Waals surface area contributed by atoms with Gasteiger partial charge in [0.1, 0.15) is 13.8 Å². The molecule has 2 aromatic carbocycles. The van der Waals surface area contributed by atoms with Crippen molar-refractivity contribution in [3.05, 3.63) is 54.6 Å². The van der Waals surface area contributed by atoms with E-state index in [0.29, 0.717) is 0 Å². The zero-order chi connectivity index (χ0) is 12.1. The summed E-state index contributed by atoms with van der Waals surface area (Å²) in [5.41, 5.74) is 2.73. The molecule has 0 radical (unpaired) electrons. The van der Waals surface area contributed by atoms with Crippen LogP contribution in [0.5, 0.6) is 0 Å². The van der Waals surface area contributed by atoms with Gasteiger partial charge in [0.05, 0.1) is 11.4 Å².